The number of hydrogen-bond donors (Lipinski definition) is 1. The summed E-state index contributed by atoms with van der Waals surface area (Å²) >= 11 is 6.05. The average Bonchev–Trinajstić information content (AvgIpc) is 2.67. The van der Waals surface area contributed by atoms with Crippen molar-refractivity contribution in [3.8, 4) is 0 Å². The molecule has 0 unspecified atom stereocenters. The molecule has 0 fully saturated rings. The first-order valence-electron chi connectivity index (χ1n) is 8.53. The van der Waals surface area contributed by atoms with E-state index in [0.29, 0.717) is 5.56 Å². The molecule has 5 heteroatoms. The fourth-order valence-corrected chi connectivity index (χ4v) is 3.42. The Balaban J connectivity index is 1.96. The molecule has 140 valence electrons. The van der Waals surface area contributed by atoms with E-state index in [2.05, 4.69) is 5.32 Å². The molecule has 3 aromatic carbocycles. The van der Waals surface area contributed by atoms with Gasteiger partial charge in [0, 0.05) is 6.54 Å². The maximum Gasteiger partial charge on any atom is 0.417 e. The summed E-state index contributed by atoms with van der Waals surface area (Å²) in [6.07, 6.45) is -4.48. The molecule has 0 amide bonds. The monoisotopic (exact) mass is 389 g/mol. The summed E-state index contributed by atoms with van der Waals surface area (Å²) in [6, 6.07) is 23.6. The standard InChI is InChI=1S/C22H19ClF3N/c1-21(17-10-4-2-5-11-17,18-12-6-3-7-13-18)27-15-16-9-8-14-19(20(16)23)22(24,25)26/h2-14,27H,15H2,1H3. The Bertz CT molecular complexity index is 853. The Hall–Kier alpha value is -2.30. The minimum atomic E-state index is -4.48. The molecule has 0 heterocycles. The zero-order valence-corrected chi connectivity index (χ0v) is 15.5. The highest BCUT2D eigenvalue weighted by molar-refractivity contribution is 6.32. The van der Waals surface area contributed by atoms with Crippen molar-refractivity contribution in [1.82, 2.24) is 5.32 Å². The van der Waals surface area contributed by atoms with Gasteiger partial charge in [-0.2, -0.15) is 13.2 Å². The van der Waals surface area contributed by atoms with Crippen molar-refractivity contribution in [2.75, 3.05) is 0 Å². The van der Waals surface area contributed by atoms with Crippen LogP contribution in [0, 0.1) is 0 Å². The predicted octanol–water partition coefficient (Wildman–Crippen LogP) is 6.41. The van der Waals surface area contributed by atoms with E-state index in [1.165, 1.54) is 6.07 Å². The Labute approximate surface area is 161 Å². The number of halogens is 4. The fraction of sp³-hybridized carbons (Fsp3) is 0.182. The predicted molar refractivity (Wildman–Crippen MR) is 103 cm³/mol. The van der Waals surface area contributed by atoms with Gasteiger partial charge in [0.05, 0.1) is 16.1 Å². The molecule has 3 rings (SSSR count). The van der Waals surface area contributed by atoms with Crippen molar-refractivity contribution in [2.45, 2.75) is 25.2 Å². The zero-order valence-electron chi connectivity index (χ0n) is 14.7. The molecule has 27 heavy (non-hydrogen) atoms. The van der Waals surface area contributed by atoms with Crippen LogP contribution in [0.2, 0.25) is 5.02 Å². The van der Waals surface area contributed by atoms with Crippen molar-refractivity contribution in [3.63, 3.8) is 0 Å². The molecule has 0 spiro atoms. The zero-order chi connectivity index (χ0) is 19.5. The van der Waals surface area contributed by atoms with Crippen LogP contribution in [0.25, 0.3) is 0 Å². The molecular weight excluding hydrogens is 371 g/mol. The smallest absolute Gasteiger partial charge is 0.300 e. The molecule has 1 N–H and O–H groups in total. The van der Waals surface area contributed by atoms with Gasteiger partial charge in [0.15, 0.2) is 0 Å². The van der Waals surface area contributed by atoms with Crippen molar-refractivity contribution in [1.29, 1.82) is 0 Å². The molecule has 0 aliphatic carbocycles. The third-order valence-electron chi connectivity index (χ3n) is 4.72. The average molecular weight is 390 g/mol. The van der Waals surface area contributed by atoms with Crippen LogP contribution >= 0.6 is 11.6 Å². The SMILES string of the molecule is CC(NCc1cccc(C(F)(F)F)c1Cl)(c1ccccc1)c1ccccc1. The second-order valence-corrected chi connectivity index (χ2v) is 6.87. The molecule has 0 radical (unpaired) electrons. The van der Waals surface area contributed by atoms with Gasteiger partial charge in [0.2, 0.25) is 0 Å². The van der Waals surface area contributed by atoms with E-state index in [1.807, 2.05) is 67.6 Å². The van der Waals surface area contributed by atoms with Crippen LogP contribution in [0.5, 0.6) is 0 Å². The first-order valence-corrected chi connectivity index (χ1v) is 8.91. The molecule has 0 bridgehead atoms. The van der Waals surface area contributed by atoms with Gasteiger partial charge in [-0.15, -0.1) is 0 Å². The molecule has 0 atom stereocenters. The second kappa shape index (κ2) is 7.75. The number of benzene rings is 3. The lowest BCUT2D eigenvalue weighted by atomic mass is 9.84. The van der Waals surface area contributed by atoms with E-state index in [0.717, 1.165) is 17.2 Å². The van der Waals surface area contributed by atoms with Crippen molar-refractivity contribution in [2.24, 2.45) is 0 Å². The summed E-state index contributed by atoms with van der Waals surface area (Å²) in [5.74, 6) is 0. The van der Waals surface area contributed by atoms with Gasteiger partial charge < -0.3 is 0 Å². The van der Waals surface area contributed by atoms with Crippen LogP contribution in [0.3, 0.4) is 0 Å². The van der Waals surface area contributed by atoms with E-state index in [-0.39, 0.29) is 11.6 Å². The highest BCUT2D eigenvalue weighted by atomic mass is 35.5. The molecule has 0 aromatic heterocycles. The van der Waals surface area contributed by atoms with E-state index < -0.39 is 17.3 Å². The lowest BCUT2D eigenvalue weighted by Gasteiger charge is -2.33. The molecule has 0 aliphatic heterocycles. The van der Waals surface area contributed by atoms with Gasteiger partial charge in [-0.3, -0.25) is 5.32 Å². The molecule has 1 nitrogen and oxygen atoms in total. The molecular formula is C22H19ClF3N. The normalized spacial score (nSPS) is 12.2. The summed E-state index contributed by atoms with van der Waals surface area (Å²) < 4.78 is 39.4. The molecule has 0 aliphatic rings. The van der Waals surface area contributed by atoms with Crippen LogP contribution in [0.4, 0.5) is 13.2 Å². The highest BCUT2D eigenvalue weighted by Gasteiger charge is 2.34. The molecule has 0 saturated heterocycles. The number of alkyl halides is 3. The fourth-order valence-electron chi connectivity index (χ4n) is 3.12. The third kappa shape index (κ3) is 4.18. The van der Waals surface area contributed by atoms with Gasteiger partial charge >= 0.3 is 6.18 Å². The minimum Gasteiger partial charge on any atom is -0.300 e. The van der Waals surface area contributed by atoms with E-state index in [4.69, 9.17) is 11.6 Å². The van der Waals surface area contributed by atoms with Gasteiger partial charge in [0.25, 0.3) is 0 Å². The minimum absolute atomic E-state index is 0.197. The molecule has 3 aromatic rings. The Morgan fingerprint density at radius 3 is 1.78 bits per heavy atom. The summed E-state index contributed by atoms with van der Waals surface area (Å²) in [6.45, 7) is 2.21. The first kappa shape index (κ1) is 19.5. The van der Waals surface area contributed by atoms with Crippen LogP contribution < -0.4 is 5.32 Å². The quantitative estimate of drug-likeness (QED) is 0.531. The summed E-state index contributed by atoms with van der Waals surface area (Å²) in [4.78, 5) is 0. The maximum atomic E-state index is 13.1. The topological polar surface area (TPSA) is 12.0 Å². The number of rotatable bonds is 5. The Morgan fingerprint density at radius 2 is 1.30 bits per heavy atom. The Morgan fingerprint density at radius 1 is 0.778 bits per heavy atom. The highest BCUT2D eigenvalue weighted by Crippen LogP contribution is 2.37. The van der Waals surface area contributed by atoms with Crippen LogP contribution in [-0.4, -0.2) is 0 Å². The van der Waals surface area contributed by atoms with Gasteiger partial charge in [-0.1, -0.05) is 84.4 Å². The lowest BCUT2D eigenvalue weighted by Crippen LogP contribution is -2.40. The van der Waals surface area contributed by atoms with E-state index >= 15 is 0 Å². The van der Waals surface area contributed by atoms with Gasteiger partial charge in [-0.05, 0) is 29.7 Å². The summed E-state index contributed by atoms with van der Waals surface area (Å²) in [7, 11) is 0. The lowest BCUT2D eigenvalue weighted by molar-refractivity contribution is -0.137. The maximum absolute atomic E-state index is 13.1. The second-order valence-electron chi connectivity index (χ2n) is 6.49. The Kier molecular flexibility index (Phi) is 5.59. The summed E-state index contributed by atoms with van der Waals surface area (Å²) in [5, 5.41) is 3.15. The first-order chi connectivity index (χ1) is 12.8. The summed E-state index contributed by atoms with van der Waals surface area (Å²) in [5.41, 5.74) is 1.04. The van der Waals surface area contributed by atoms with E-state index in [1.54, 1.807) is 6.07 Å². The number of nitrogens with one attached hydrogen (secondary N) is 1. The van der Waals surface area contributed by atoms with Gasteiger partial charge in [0.1, 0.15) is 0 Å². The van der Waals surface area contributed by atoms with Crippen molar-refractivity contribution in [3.05, 3.63) is 106 Å². The van der Waals surface area contributed by atoms with Gasteiger partial charge in [-0.25, -0.2) is 0 Å². The van der Waals surface area contributed by atoms with Crippen LogP contribution in [0.1, 0.15) is 29.2 Å². The number of hydrogen-bond acceptors (Lipinski definition) is 1. The van der Waals surface area contributed by atoms with Crippen molar-refractivity contribution < 1.29 is 13.2 Å². The molecule has 0 saturated carbocycles. The van der Waals surface area contributed by atoms with E-state index in [9.17, 15) is 13.2 Å². The van der Waals surface area contributed by atoms with Crippen molar-refractivity contribution >= 4 is 11.6 Å². The largest absolute Gasteiger partial charge is 0.417 e. The van der Waals surface area contributed by atoms with Crippen LogP contribution in [0.15, 0.2) is 78.9 Å². The third-order valence-corrected chi connectivity index (χ3v) is 5.17. The van der Waals surface area contributed by atoms with Crippen LogP contribution in [-0.2, 0) is 18.3 Å².